The summed E-state index contributed by atoms with van der Waals surface area (Å²) in [6.07, 6.45) is 4.41. The van der Waals surface area contributed by atoms with E-state index < -0.39 is 0 Å². The SMILES string of the molecule is Cl.NC1CCC2CN(C(=O)c3cc(C4CC4)nc4ccc(F)cc34)CC12. The van der Waals surface area contributed by atoms with Gasteiger partial charge in [0.1, 0.15) is 5.82 Å². The third-order valence-electron chi connectivity index (χ3n) is 6.22. The van der Waals surface area contributed by atoms with Crippen molar-refractivity contribution in [2.75, 3.05) is 13.1 Å². The second-order valence-corrected chi connectivity index (χ2v) is 7.91. The molecule has 1 amide bonds. The predicted molar refractivity (Wildman–Crippen MR) is 101 cm³/mol. The highest BCUT2D eigenvalue weighted by molar-refractivity contribution is 6.06. The van der Waals surface area contributed by atoms with Crippen molar-refractivity contribution in [3.05, 3.63) is 41.3 Å². The maximum atomic E-state index is 13.8. The van der Waals surface area contributed by atoms with E-state index in [9.17, 15) is 9.18 Å². The van der Waals surface area contributed by atoms with Crippen molar-refractivity contribution in [2.24, 2.45) is 17.6 Å². The van der Waals surface area contributed by atoms with Gasteiger partial charge in [-0.1, -0.05) is 0 Å². The summed E-state index contributed by atoms with van der Waals surface area (Å²) in [5, 5.41) is 0.621. The van der Waals surface area contributed by atoms with Gasteiger partial charge in [-0.15, -0.1) is 12.4 Å². The summed E-state index contributed by atoms with van der Waals surface area (Å²) in [6.45, 7) is 1.50. The number of rotatable bonds is 2. The van der Waals surface area contributed by atoms with Crippen molar-refractivity contribution >= 4 is 29.2 Å². The Bertz CT molecular complexity index is 870. The molecular formula is C20H23ClFN3O. The summed E-state index contributed by atoms with van der Waals surface area (Å²) in [4.78, 5) is 19.8. The number of hydrogen-bond donors (Lipinski definition) is 1. The van der Waals surface area contributed by atoms with Crippen molar-refractivity contribution in [1.82, 2.24) is 9.88 Å². The quantitative estimate of drug-likeness (QED) is 0.874. The Labute approximate surface area is 158 Å². The zero-order valence-corrected chi connectivity index (χ0v) is 15.3. The van der Waals surface area contributed by atoms with E-state index in [0.717, 1.165) is 44.5 Å². The molecule has 3 unspecified atom stereocenters. The molecule has 138 valence electrons. The van der Waals surface area contributed by atoms with Crippen LogP contribution in [0.3, 0.4) is 0 Å². The molecule has 6 heteroatoms. The van der Waals surface area contributed by atoms with E-state index in [4.69, 9.17) is 5.73 Å². The van der Waals surface area contributed by atoms with Gasteiger partial charge in [-0.3, -0.25) is 9.78 Å². The van der Waals surface area contributed by atoms with Gasteiger partial charge in [0.2, 0.25) is 0 Å². The minimum absolute atomic E-state index is 0. The van der Waals surface area contributed by atoms with Crippen LogP contribution in [-0.2, 0) is 0 Å². The summed E-state index contributed by atoms with van der Waals surface area (Å²) in [7, 11) is 0. The van der Waals surface area contributed by atoms with Crippen LogP contribution in [-0.4, -0.2) is 34.9 Å². The normalized spacial score (nSPS) is 27.5. The maximum absolute atomic E-state index is 13.8. The Balaban J connectivity index is 0.00000168. The molecule has 2 aromatic rings. The Hall–Kier alpha value is -1.72. The molecule has 3 atom stereocenters. The Kier molecular flexibility index (Phi) is 4.40. The molecule has 3 fully saturated rings. The van der Waals surface area contributed by atoms with Gasteiger partial charge in [-0.25, -0.2) is 4.39 Å². The van der Waals surface area contributed by atoms with E-state index in [2.05, 4.69) is 4.98 Å². The first-order chi connectivity index (χ1) is 12.1. The van der Waals surface area contributed by atoms with Crippen molar-refractivity contribution < 1.29 is 9.18 Å². The average molecular weight is 376 g/mol. The van der Waals surface area contributed by atoms with Crippen molar-refractivity contribution in [3.8, 4) is 0 Å². The molecule has 1 aromatic carbocycles. The largest absolute Gasteiger partial charge is 0.338 e. The first-order valence-corrected chi connectivity index (χ1v) is 9.25. The second kappa shape index (κ2) is 6.46. The molecule has 3 aliphatic rings. The molecule has 4 nitrogen and oxygen atoms in total. The number of nitrogens with zero attached hydrogens (tertiary/aromatic N) is 2. The minimum atomic E-state index is -0.331. The molecule has 2 N–H and O–H groups in total. The Morgan fingerprint density at radius 2 is 1.96 bits per heavy atom. The van der Waals surface area contributed by atoms with E-state index in [-0.39, 0.29) is 30.2 Å². The minimum Gasteiger partial charge on any atom is -0.338 e. The monoisotopic (exact) mass is 375 g/mol. The van der Waals surface area contributed by atoms with Gasteiger partial charge in [0.15, 0.2) is 0 Å². The van der Waals surface area contributed by atoms with Gasteiger partial charge in [0, 0.05) is 36.1 Å². The lowest BCUT2D eigenvalue weighted by Crippen LogP contribution is -2.33. The Morgan fingerprint density at radius 3 is 2.69 bits per heavy atom. The van der Waals surface area contributed by atoms with Crippen LogP contribution < -0.4 is 5.73 Å². The molecule has 1 aliphatic heterocycles. The molecule has 0 spiro atoms. The number of hydrogen-bond acceptors (Lipinski definition) is 3. The number of benzene rings is 1. The van der Waals surface area contributed by atoms with Gasteiger partial charge in [0.25, 0.3) is 5.91 Å². The van der Waals surface area contributed by atoms with Crippen molar-refractivity contribution in [3.63, 3.8) is 0 Å². The summed E-state index contributed by atoms with van der Waals surface area (Å²) in [5.41, 5.74) is 8.49. The third kappa shape index (κ3) is 2.87. The molecule has 0 bridgehead atoms. The zero-order valence-electron chi connectivity index (χ0n) is 14.5. The van der Waals surface area contributed by atoms with E-state index in [1.54, 1.807) is 6.07 Å². The summed E-state index contributed by atoms with van der Waals surface area (Å²) >= 11 is 0. The number of amides is 1. The molecular weight excluding hydrogens is 353 g/mol. The highest BCUT2D eigenvalue weighted by Crippen LogP contribution is 2.41. The summed E-state index contributed by atoms with van der Waals surface area (Å²) in [5.74, 6) is 1.06. The van der Waals surface area contributed by atoms with Gasteiger partial charge >= 0.3 is 0 Å². The lowest BCUT2D eigenvalue weighted by Gasteiger charge is -2.20. The standard InChI is InChI=1S/C20H22FN3O.ClH/c21-13-4-6-18-14(7-13)15(8-19(23-18)11-1-2-11)20(25)24-9-12-3-5-17(22)16(12)10-24;/h4,6-8,11-12,16-17H,1-3,5,9-10,22H2;1H. The van der Waals surface area contributed by atoms with E-state index in [1.165, 1.54) is 12.1 Å². The fourth-order valence-corrected chi connectivity index (χ4v) is 4.63. The number of aromatic nitrogens is 1. The number of carbonyl (C=O) groups excluding carboxylic acids is 1. The van der Waals surface area contributed by atoms with E-state index in [1.807, 2.05) is 11.0 Å². The second-order valence-electron chi connectivity index (χ2n) is 7.91. The number of likely N-dealkylation sites (tertiary alicyclic amines) is 1. The molecule has 5 rings (SSSR count). The Morgan fingerprint density at radius 1 is 1.15 bits per heavy atom. The van der Waals surface area contributed by atoms with Crippen LogP contribution in [0.5, 0.6) is 0 Å². The molecule has 2 heterocycles. The number of nitrogens with two attached hydrogens (primary N) is 1. The lowest BCUT2D eigenvalue weighted by atomic mass is 9.98. The molecule has 26 heavy (non-hydrogen) atoms. The van der Waals surface area contributed by atoms with Crippen LogP contribution in [0.4, 0.5) is 4.39 Å². The van der Waals surface area contributed by atoms with E-state index in [0.29, 0.717) is 34.2 Å². The third-order valence-corrected chi connectivity index (χ3v) is 6.22. The fourth-order valence-electron chi connectivity index (χ4n) is 4.63. The van der Waals surface area contributed by atoms with E-state index >= 15 is 0 Å². The number of halogens is 2. The number of carbonyl (C=O) groups is 1. The van der Waals surface area contributed by atoms with Crippen LogP contribution in [0.25, 0.3) is 10.9 Å². The van der Waals surface area contributed by atoms with Crippen LogP contribution in [0.2, 0.25) is 0 Å². The molecule has 1 saturated heterocycles. The molecule has 2 saturated carbocycles. The van der Waals surface area contributed by atoms with Crippen LogP contribution in [0.15, 0.2) is 24.3 Å². The van der Waals surface area contributed by atoms with Crippen molar-refractivity contribution in [2.45, 2.75) is 37.6 Å². The van der Waals surface area contributed by atoms with Crippen molar-refractivity contribution in [1.29, 1.82) is 0 Å². The summed E-state index contributed by atoms with van der Waals surface area (Å²) in [6, 6.07) is 6.64. The van der Waals surface area contributed by atoms with Crippen LogP contribution in [0, 0.1) is 17.7 Å². The first kappa shape index (κ1) is 17.7. The predicted octanol–water partition coefficient (Wildman–Crippen LogP) is 3.48. The first-order valence-electron chi connectivity index (χ1n) is 9.25. The van der Waals surface area contributed by atoms with Gasteiger partial charge in [0.05, 0.1) is 11.1 Å². The maximum Gasteiger partial charge on any atom is 0.254 e. The molecule has 2 aliphatic carbocycles. The number of pyridine rings is 1. The summed E-state index contributed by atoms with van der Waals surface area (Å²) < 4.78 is 13.8. The fraction of sp³-hybridized carbons (Fsp3) is 0.500. The average Bonchev–Trinajstić information content (AvgIpc) is 3.28. The number of fused-ring (bicyclic) bond motifs is 2. The van der Waals surface area contributed by atoms with Gasteiger partial charge < -0.3 is 10.6 Å². The molecule has 0 radical (unpaired) electrons. The highest BCUT2D eigenvalue weighted by Gasteiger charge is 2.43. The smallest absolute Gasteiger partial charge is 0.254 e. The lowest BCUT2D eigenvalue weighted by molar-refractivity contribution is 0.0781. The van der Waals surface area contributed by atoms with Gasteiger partial charge in [-0.05, 0) is 61.8 Å². The highest BCUT2D eigenvalue weighted by atomic mass is 35.5. The zero-order chi connectivity index (χ0) is 17.1. The molecule has 1 aromatic heterocycles. The topological polar surface area (TPSA) is 59.2 Å². The van der Waals surface area contributed by atoms with Gasteiger partial charge in [-0.2, -0.15) is 0 Å². The van der Waals surface area contributed by atoms with Crippen LogP contribution in [0.1, 0.15) is 47.7 Å². The van der Waals surface area contributed by atoms with Crippen LogP contribution >= 0.6 is 12.4 Å².